The van der Waals surface area contributed by atoms with Gasteiger partial charge in [-0.1, -0.05) is 13.8 Å². The topological polar surface area (TPSA) is 27.8 Å². The maximum absolute atomic E-state index is 3.61. The third-order valence-electron chi connectivity index (χ3n) is 3.21. The van der Waals surface area contributed by atoms with Gasteiger partial charge in [0.1, 0.15) is 0 Å². The zero-order valence-corrected chi connectivity index (χ0v) is 9.14. The first-order valence-corrected chi connectivity index (χ1v) is 5.51. The highest BCUT2D eigenvalue weighted by atomic mass is 14.9. The molecular formula is C12H20N2. The number of hydrogen-bond acceptors (Lipinski definition) is 1. The first-order valence-electron chi connectivity index (χ1n) is 5.51. The monoisotopic (exact) mass is 192 g/mol. The van der Waals surface area contributed by atoms with Gasteiger partial charge < -0.3 is 10.3 Å². The maximum Gasteiger partial charge on any atom is 0.0359 e. The molecule has 1 aliphatic carbocycles. The van der Waals surface area contributed by atoms with E-state index in [2.05, 4.69) is 36.3 Å². The number of aromatic amines is 1. The Hall–Kier alpha value is -0.760. The van der Waals surface area contributed by atoms with Crippen LogP contribution in [0.15, 0.2) is 18.3 Å². The van der Waals surface area contributed by atoms with E-state index in [1.165, 1.54) is 25.0 Å². The molecule has 1 aliphatic rings. The molecule has 78 valence electrons. The highest BCUT2D eigenvalue weighted by Crippen LogP contribution is 2.36. The Labute approximate surface area is 86.1 Å². The second-order valence-electron chi connectivity index (χ2n) is 5.18. The average Bonchev–Trinajstić information content (AvgIpc) is 2.70. The van der Waals surface area contributed by atoms with Gasteiger partial charge in [0.25, 0.3) is 0 Å². The Morgan fingerprint density at radius 3 is 3.00 bits per heavy atom. The van der Waals surface area contributed by atoms with E-state index in [4.69, 9.17) is 0 Å². The summed E-state index contributed by atoms with van der Waals surface area (Å²) in [4.78, 5) is 3.22. The maximum atomic E-state index is 3.61. The van der Waals surface area contributed by atoms with Crippen LogP contribution in [-0.2, 0) is 6.54 Å². The van der Waals surface area contributed by atoms with E-state index in [-0.39, 0.29) is 0 Å². The van der Waals surface area contributed by atoms with Gasteiger partial charge in [-0.25, -0.2) is 0 Å². The molecule has 1 aromatic heterocycles. The normalized spacial score (nSPS) is 25.4. The predicted molar refractivity (Wildman–Crippen MR) is 59.1 cm³/mol. The van der Waals surface area contributed by atoms with E-state index in [0.29, 0.717) is 11.5 Å². The van der Waals surface area contributed by atoms with Crippen molar-refractivity contribution in [3.63, 3.8) is 0 Å². The van der Waals surface area contributed by atoms with Crippen molar-refractivity contribution < 1.29 is 0 Å². The molecule has 1 heterocycles. The van der Waals surface area contributed by atoms with Crippen molar-refractivity contribution >= 4 is 0 Å². The molecule has 0 amide bonds. The van der Waals surface area contributed by atoms with Crippen LogP contribution < -0.4 is 5.32 Å². The fraction of sp³-hybridized carbons (Fsp3) is 0.667. The molecule has 1 atom stereocenters. The first kappa shape index (κ1) is 9.78. The van der Waals surface area contributed by atoms with Gasteiger partial charge in [-0.15, -0.1) is 0 Å². The molecule has 2 nitrogen and oxygen atoms in total. The Bertz CT molecular complexity index is 275. The highest BCUT2D eigenvalue weighted by Gasteiger charge is 2.30. The van der Waals surface area contributed by atoms with Crippen LogP contribution in [0.25, 0.3) is 0 Å². The van der Waals surface area contributed by atoms with Crippen LogP contribution in [0, 0.1) is 5.41 Å². The second kappa shape index (κ2) is 3.77. The van der Waals surface area contributed by atoms with Crippen LogP contribution in [0.5, 0.6) is 0 Å². The van der Waals surface area contributed by atoms with Gasteiger partial charge in [-0.3, -0.25) is 0 Å². The smallest absolute Gasteiger partial charge is 0.0359 e. The van der Waals surface area contributed by atoms with Gasteiger partial charge in [0, 0.05) is 24.5 Å². The minimum Gasteiger partial charge on any atom is -0.364 e. The van der Waals surface area contributed by atoms with Gasteiger partial charge in [0.05, 0.1) is 0 Å². The summed E-state index contributed by atoms with van der Waals surface area (Å²) in [6.45, 7) is 5.71. The van der Waals surface area contributed by atoms with Crippen molar-refractivity contribution in [1.82, 2.24) is 10.3 Å². The molecule has 2 N–H and O–H groups in total. The van der Waals surface area contributed by atoms with E-state index >= 15 is 0 Å². The Morgan fingerprint density at radius 2 is 2.43 bits per heavy atom. The van der Waals surface area contributed by atoms with E-state index in [9.17, 15) is 0 Å². The largest absolute Gasteiger partial charge is 0.364 e. The summed E-state index contributed by atoms with van der Waals surface area (Å²) in [5.74, 6) is 0. The molecule has 0 spiro atoms. The van der Waals surface area contributed by atoms with Crippen LogP contribution in [0.4, 0.5) is 0 Å². The molecule has 1 saturated carbocycles. The lowest BCUT2D eigenvalue weighted by Gasteiger charge is -2.17. The minimum atomic E-state index is 0.549. The first-order chi connectivity index (χ1) is 6.66. The summed E-state index contributed by atoms with van der Waals surface area (Å²) in [5.41, 5.74) is 1.84. The summed E-state index contributed by atoms with van der Waals surface area (Å²) >= 11 is 0. The zero-order valence-electron chi connectivity index (χ0n) is 9.14. The fourth-order valence-corrected chi connectivity index (χ4v) is 2.34. The van der Waals surface area contributed by atoms with Crippen molar-refractivity contribution in [3.05, 3.63) is 24.0 Å². The van der Waals surface area contributed by atoms with Crippen molar-refractivity contribution in [2.75, 3.05) is 0 Å². The lowest BCUT2D eigenvalue weighted by molar-refractivity contribution is 0.364. The quantitative estimate of drug-likeness (QED) is 0.757. The average molecular weight is 192 g/mol. The SMILES string of the molecule is CC1(C)CCC(NCc2ccc[nH]2)C1. The van der Waals surface area contributed by atoms with Crippen LogP contribution in [0.3, 0.4) is 0 Å². The number of nitrogens with one attached hydrogen (secondary N) is 2. The van der Waals surface area contributed by atoms with Crippen LogP contribution >= 0.6 is 0 Å². The van der Waals surface area contributed by atoms with Crippen LogP contribution in [0.1, 0.15) is 38.8 Å². The van der Waals surface area contributed by atoms with Gasteiger partial charge >= 0.3 is 0 Å². The van der Waals surface area contributed by atoms with Gasteiger partial charge in [0.2, 0.25) is 0 Å². The summed E-state index contributed by atoms with van der Waals surface area (Å²) in [6, 6.07) is 4.90. The number of hydrogen-bond donors (Lipinski definition) is 2. The standard InChI is InChI=1S/C12H20N2/c1-12(2)6-5-10(8-12)14-9-11-4-3-7-13-11/h3-4,7,10,13-14H,5-6,8-9H2,1-2H3. The molecule has 0 saturated heterocycles. The van der Waals surface area contributed by atoms with Crippen molar-refractivity contribution in [1.29, 1.82) is 0 Å². The molecule has 0 aromatic carbocycles. The van der Waals surface area contributed by atoms with Crippen molar-refractivity contribution in [2.45, 2.75) is 45.7 Å². The second-order valence-corrected chi connectivity index (χ2v) is 5.18. The molecule has 0 aliphatic heterocycles. The molecule has 1 unspecified atom stereocenters. The van der Waals surface area contributed by atoms with Gasteiger partial charge in [0.15, 0.2) is 0 Å². The van der Waals surface area contributed by atoms with Gasteiger partial charge in [-0.05, 0) is 36.8 Å². The molecule has 14 heavy (non-hydrogen) atoms. The molecule has 0 bridgehead atoms. The zero-order chi connectivity index (χ0) is 10.0. The Kier molecular flexibility index (Phi) is 2.64. The molecule has 1 aromatic rings. The highest BCUT2D eigenvalue weighted by molar-refractivity contribution is 5.03. The summed E-state index contributed by atoms with van der Waals surface area (Å²) < 4.78 is 0. The Balaban J connectivity index is 1.78. The summed E-state index contributed by atoms with van der Waals surface area (Å²) in [7, 11) is 0. The van der Waals surface area contributed by atoms with E-state index in [1.54, 1.807) is 0 Å². The van der Waals surface area contributed by atoms with E-state index in [1.807, 2.05) is 6.20 Å². The molecule has 2 heteroatoms. The Morgan fingerprint density at radius 1 is 1.57 bits per heavy atom. The third kappa shape index (κ3) is 2.38. The van der Waals surface area contributed by atoms with E-state index < -0.39 is 0 Å². The third-order valence-corrected chi connectivity index (χ3v) is 3.21. The number of aromatic nitrogens is 1. The fourth-order valence-electron chi connectivity index (χ4n) is 2.34. The predicted octanol–water partition coefficient (Wildman–Crippen LogP) is 2.68. The number of H-pyrrole nitrogens is 1. The summed E-state index contributed by atoms with van der Waals surface area (Å²) in [6.07, 6.45) is 5.98. The van der Waals surface area contributed by atoms with Crippen LogP contribution in [0.2, 0.25) is 0 Å². The molecule has 0 radical (unpaired) electrons. The van der Waals surface area contributed by atoms with Crippen molar-refractivity contribution in [2.24, 2.45) is 5.41 Å². The van der Waals surface area contributed by atoms with Crippen LogP contribution in [-0.4, -0.2) is 11.0 Å². The lowest BCUT2D eigenvalue weighted by Crippen LogP contribution is -2.26. The number of rotatable bonds is 3. The van der Waals surface area contributed by atoms with Gasteiger partial charge in [-0.2, -0.15) is 0 Å². The minimum absolute atomic E-state index is 0.549. The molecule has 2 rings (SSSR count). The van der Waals surface area contributed by atoms with E-state index in [0.717, 1.165) is 6.54 Å². The summed E-state index contributed by atoms with van der Waals surface area (Å²) in [5, 5.41) is 3.61. The molecular weight excluding hydrogens is 172 g/mol. The lowest BCUT2D eigenvalue weighted by atomic mass is 9.92. The molecule has 1 fully saturated rings. The van der Waals surface area contributed by atoms with Crippen molar-refractivity contribution in [3.8, 4) is 0 Å².